The average molecular weight is 359 g/mol. The summed E-state index contributed by atoms with van der Waals surface area (Å²) in [5, 5.41) is 0.691. The van der Waals surface area contributed by atoms with E-state index in [1.54, 1.807) is 6.92 Å². The predicted octanol–water partition coefficient (Wildman–Crippen LogP) is 2.20. The molecule has 5 nitrogen and oxygen atoms in total. The molecule has 0 radical (unpaired) electrons. The number of hydrogen-bond donors (Lipinski definition) is 1. The zero-order chi connectivity index (χ0) is 16.9. The van der Waals surface area contributed by atoms with Crippen LogP contribution in [0.3, 0.4) is 0 Å². The Hall–Kier alpha value is -1.11. The fourth-order valence-corrected chi connectivity index (χ4v) is 3.68. The lowest BCUT2D eigenvalue weighted by molar-refractivity contribution is -0.132. The number of likely N-dealkylation sites (tertiary alicyclic amines) is 1. The second-order valence-corrected chi connectivity index (χ2v) is 8.28. The molecule has 0 atom stereocenters. The quantitative estimate of drug-likeness (QED) is 0.847. The van der Waals surface area contributed by atoms with Crippen LogP contribution < -0.4 is 4.72 Å². The van der Waals surface area contributed by atoms with Crippen LogP contribution >= 0.6 is 11.6 Å². The average Bonchev–Trinajstić information content (AvgIpc) is 2.54. The summed E-state index contributed by atoms with van der Waals surface area (Å²) in [4.78, 5) is 14.1. The maximum absolute atomic E-state index is 12.2. The van der Waals surface area contributed by atoms with Crippen molar-refractivity contribution in [1.29, 1.82) is 0 Å². The highest BCUT2D eigenvalue weighted by molar-refractivity contribution is 7.89. The summed E-state index contributed by atoms with van der Waals surface area (Å²) in [6.45, 7) is 2.84. The lowest BCUT2D eigenvalue weighted by atomic mass is 10.0. The van der Waals surface area contributed by atoms with Gasteiger partial charge in [-0.2, -0.15) is 0 Å². The van der Waals surface area contributed by atoms with Crippen LogP contribution in [0.2, 0.25) is 5.02 Å². The molecule has 2 rings (SSSR count). The topological polar surface area (TPSA) is 66.5 Å². The van der Waals surface area contributed by atoms with Crippen LogP contribution in [-0.4, -0.2) is 44.1 Å². The summed E-state index contributed by atoms with van der Waals surface area (Å²) in [5.74, 6) is 0.213. The number of amides is 1. The number of halogens is 1. The summed E-state index contributed by atoms with van der Waals surface area (Å²) in [6.07, 6.45) is 2.50. The summed E-state index contributed by atoms with van der Waals surface area (Å²) < 4.78 is 25.8. The van der Waals surface area contributed by atoms with Crippen molar-refractivity contribution in [2.45, 2.75) is 38.6 Å². The standard InChI is InChI=1S/C16H23ClN2O3S/c1-2-23(21,22)18-15-9-11-19(12-10-15)16(20)8-5-13-3-6-14(17)7-4-13/h3-4,6-7,15,18H,2,5,8-12H2,1H3. The molecule has 1 heterocycles. The molecule has 128 valence electrons. The van der Waals surface area contributed by atoms with Gasteiger partial charge in [0.25, 0.3) is 0 Å². The van der Waals surface area contributed by atoms with Crippen LogP contribution in [0.25, 0.3) is 0 Å². The molecule has 1 aromatic rings. The van der Waals surface area contributed by atoms with Crippen molar-refractivity contribution in [3.63, 3.8) is 0 Å². The molecule has 1 aliphatic heterocycles. The number of carbonyl (C=O) groups is 1. The maximum Gasteiger partial charge on any atom is 0.222 e. The van der Waals surface area contributed by atoms with E-state index in [9.17, 15) is 13.2 Å². The molecule has 0 bridgehead atoms. The molecule has 0 spiro atoms. The van der Waals surface area contributed by atoms with E-state index < -0.39 is 10.0 Å². The van der Waals surface area contributed by atoms with Gasteiger partial charge in [-0.1, -0.05) is 23.7 Å². The van der Waals surface area contributed by atoms with Gasteiger partial charge in [0.2, 0.25) is 15.9 Å². The maximum atomic E-state index is 12.2. The number of hydrogen-bond acceptors (Lipinski definition) is 3. The molecule has 23 heavy (non-hydrogen) atoms. The van der Waals surface area contributed by atoms with Crippen LogP contribution in [0.5, 0.6) is 0 Å². The van der Waals surface area contributed by atoms with E-state index in [0.717, 1.165) is 5.56 Å². The first kappa shape index (κ1) is 18.2. The van der Waals surface area contributed by atoms with Gasteiger partial charge < -0.3 is 4.90 Å². The van der Waals surface area contributed by atoms with Gasteiger partial charge in [-0.3, -0.25) is 4.79 Å². The fraction of sp³-hybridized carbons (Fsp3) is 0.562. The van der Waals surface area contributed by atoms with Crippen molar-refractivity contribution in [1.82, 2.24) is 9.62 Å². The zero-order valence-electron chi connectivity index (χ0n) is 13.3. The van der Waals surface area contributed by atoms with Crippen LogP contribution in [0.15, 0.2) is 24.3 Å². The monoisotopic (exact) mass is 358 g/mol. The number of benzene rings is 1. The van der Waals surface area contributed by atoms with E-state index in [-0.39, 0.29) is 17.7 Å². The summed E-state index contributed by atoms with van der Waals surface area (Å²) in [5.41, 5.74) is 1.09. The number of nitrogens with zero attached hydrogens (tertiary/aromatic N) is 1. The number of sulfonamides is 1. The van der Waals surface area contributed by atoms with E-state index in [2.05, 4.69) is 4.72 Å². The molecule has 1 aliphatic rings. The van der Waals surface area contributed by atoms with Crippen molar-refractivity contribution >= 4 is 27.5 Å². The Balaban J connectivity index is 1.76. The minimum Gasteiger partial charge on any atom is -0.343 e. The van der Waals surface area contributed by atoms with E-state index in [1.807, 2.05) is 29.2 Å². The van der Waals surface area contributed by atoms with E-state index in [1.165, 1.54) is 0 Å². The largest absolute Gasteiger partial charge is 0.343 e. The van der Waals surface area contributed by atoms with Gasteiger partial charge in [-0.05, 0) is 43.9 Å². The molecule has 1 N–H and O–H groups in total. The second kappa shape index (κ2) is 8.13. The molecular formula is C16H23ClN2O3S. The van der Waals surface area contributed by atoms with Crippen LogP contribution in [0.4, 0.5) is 0 Å². The van der Waals surface area contributed by atoms with Crippen LogP contribution in [-0.2, 0) is 21.2 Å². The summed E-state index contributed by atoms with van der Waals surface area (Å²) in [7, 11) is -3.17. The first-order chi connectivity index (χ1) is 10.9. The molecule has 0 unspecified atom stereocenters. The highest BCUT2D eigenvalue weighted by Crippen LogP contribution is 2.15. The second-order valence-electron chi connectivity index (χ2n) is 5.80. The van der Waals surface area contributed by atoms with Crippen molar-refractivity contribution in [2.24, 2.45) is 0 Å². The highest BCUT2D eigenvalue weighted by atomic mass is 35.5. The van der Waals surface area contributed by atoms with Gasteiger partial charge in [0.05, 0.1) is 5.75 Å². The Bertz CT molecular complexity index is 623. The Kier molecular flexibility index (Phi) is 6.44. The van der Waals surface area contributed by atoms with Gasteiger partial charge in [0.1, 0.15) is 0 Å². The van der Waals surface area contributed by atoms with Crippen molar-refractivity contribution in [2.75, 3.05) is 18.8 Å². The molecular weight excluding hydrogens is 336 g/mol. The Morgan fingerprint density at radius 3 is 2.43 bits per heavy atom. The fourth-order valence-electron chi connectivity index (χ4n) is 2.64. The highest BCUT2D eigenvalue weighted by Gasteiger charge is 2.24. The van der Waals surface area contributed by atoms with Gasteiger partial charge in [0.15, 0.2) is 0 Å². The zero-order valence-corrected chi connectivity index (χ0v) is 14.9. The number of rotatable bonds is 6. The SMILES string of the molecule is CCS(=O)(=O)NC1CCN(C(=O)CCc2ccc(Cl)cc2)CC1. The number of nitrogens with one attached hydrogen (secondary N) is 1. The summed E-state index contributed by atoms with van der Waals surface area (Å²) in [6, 6.07) is 7.46. The van der Waals surface area contributed by atoms with E-state index in [0.29, 0.717) is 43.8 Å². The lowest BCUT2D eigenvalue weighted by Gasteiger charge is -2.32. The van der Waals surface area contributed by atoms with E-state index >= 15 is 0 Å². The van der Waals surface area contributed by atoms with Crippen LogP contribution in [0.1, 0.15) is 31.7 Å². The van der Waals surface area contributed by atoms with Gasteiger partial charge in [0, 0.05) is 30.6 Å². The minimum absolute atomic E-state index is 0.0553. The molecule has 7 heteroatoms. The number of aryl methyl sites for hydroxylation is 1. The molecule has 1 saturated heterocycles. The third kappa shape index (κ3) is 5.79. The Labute approximate surface area is 143 Å². The predicted molar refractivity (Wildman–Crippen MR) is 92.0 cm³/mol. The molecule has 1 fully saturated rings. The molecule has 0 saturated carbocycles. The molecule has 1 amide bonds. The number of piperidine rings is 1. The lowest BCUT2D eigenvalue weighted by Crippen LogP contribution is -2.46. The van der Waals surface area contributed by atoms with Gasteiger partial charge in [-0.25, -0.2) is 13.1 Å². The van der Waals surface area contributed by atoms with Gasteiger partial charge in [-0.15, -0.1) is 0 Å². The van der Waals surface area contributed by atoms with Crippen molar-refractivity contribution in [3.8, 4) is 0 Å². The summed E-state index contributed by atoms with van der Waals surface area (Å²) >= 11 is 5.84. The minimum atomic E-state index is -3.17. The Morgan fingerprint density at radius 2 is 1.87 bits per heavy atom. The van der Waals surface area contributed by atoms with Crippen molar-refractivity contribution < 1.29 is 13.2 Å². The first-order valence-corrected chi connectivity index (χ1v) is 9.95. The normalized spacial score (nSPS) is 16.5. The Morgan fingerprint density at radius 1 is 1.26 bits per heavy atom. The number of carbonyl (C=O) groups excluding carboxylic acids is 1. The smallest absolute Gasteiger partial charge is 0.222 e. The molecule has 0 aromatic heterocycles. The van der Waals surface area contributed by atoms with Crippen molar-refractivity contribution in [3.05, 3.63) is 34.9 Å². The third-order valence-corrected chi connectivity index (χ3v) is 5.82. The first-order valence-electron chi connectivity index (χ1n) is 7.92. The third-order valence-electron chi connectivity index (χ3n) is 4.11. The van der Waals surface area contributed by atoms with Gasteiger partial charge >= 0.3 is 0 Å². The van der Waals surface area contributed by atoms with Crippen LogP contribution in [0, 0.1) is 0 Å². The molecule has 1 aromatic carbocycles. The van der Waals surface area contributed by atoms with E-state index in [4.69, 9.17) is 11.6 Å². The molecule has 0 aliphatic carbocycles.